The van der Waals surface area contributed by atoms with Crippen LogP contribution in [0.1, 0.15) is 15.2 Å². The van der Waals surface area contributed by atoms with Crippen LogP contribution in [-0.2, 0) is 0 Å². The number of hydrogen-bond donors (Lipinski definition) is 3. The lowest BCUT2D eigenvalue weighted by molar-refractivity contribution is 0.103. The van der Waals surface area contributed by atoms with Crippen molar-refractivity contribution in [3.05, 3.63) is 64.0 Å². The Hall–Kier alpha value is -3.21. The van der Waals surface area contributed by atoms with E-state index in [4.69, 9.17) is 22.1 Å². The van der Waals surface area contributed by atoms with Gasteiger partial charge < -0.3 is 21.1 Å². The number of para-hydroxylation sites is 1. The van der Waals surface area contributed by atoms with Crippen LogP contribution >= 0.6 is 22.9 Å². The number of methoxy groups -OCH3 is 1. The van der Waals surface area contributed by atoms with Crippen molar-refractivity contribution in [3.8, 4) is 11.8 Å². The van der Waals surface area contributed by atoms with E-state index in [9.17, 15) is 10.1 Å². The fraction of sp³-hybridized carbons (Fsp3) is 0.0526. The Bertz CT molecular complexity index is 1030. The van der Waals surface area contributed by atoms with Crippen LogP contribution in [0.2, 0.25) is 5.02 Å². The van der Waals surface area contributed by atoms with E-state index in [0.717, 1.165) is 17.0 Å². The number of nitrogens with one attached hydrogen (secondary N) is 2. The number of carbonyl (C=O) groups is 1. The molecule has 0 aliphatic rings. The summed E-state index contributed by atoms with van der Waals surface area (Å²) >= 11 is 7.10. The van der Waals surface area contributed by atoms with Crippen molar-refractivity contribution in [2.24, 2.45) is 0 Å². The van der Waals surface area contributed by atoms with Crippen molar-refractivity contribution >= 4 is 50.9 Å². The van der Waals surface area contributed by atoms with Crippen molar-refractivity contribution in [1.29, 1.82) is 5.26 Å². The van der Waals surface area contributed by atoms with Gasteiger partial charge in [0.2, 0.25) is 0 Å². The lowest BCUT2D eigenvalue weighted by atomic mass is 10.2. The molecule has 0 spiro atoms. The van der Waals surface area contributed by atoms with Crippen LogP contribution in [-0.4, -0.2) is 13.0 Å². The van der Waals surface area contributed by atoms with E-state index in [1.807, 2.05) is 30.3 Å². The molecule has 136 valence electrons. The molecule has 0 saturated carbocycles. The topological polar surface area (TPSA) is 100 Å². The second-order valence-electron chi connectivity index (χ2n) is 5.45. The van der Waals surface area contributed by atoms with Crippen molar-refractivity contribution in [1.82, 2.24) is 0 Å². The fourth-order valence-electron chi connectivity index (χ4n) is 2.42. The van der Waals surface area contributed by atoms with E-state index in [1.165, 1.54) is 7.11 Å². The first-order valence-electron chi connectivity index (χ1n) is 7.82. The third-order valence-electron chi connectivity index (χ3n) is 3.70. The zero-order chi connectivity index (χ0) is 19.4. The van der Waals surface area contributed by atoms with Crippen LogP contribution in [0, 0.1) is 11.3 Å². The fourth-order valence-corrected chi connectivity index (χ4v) is 3.58. The van der Waals surface area contributed by atoms with Crippen molar-refractivity contribution in [2.75, 3.05) is 23.5 Å². The number of anilines is 4. The molecular weight excluding hydrogens is 384 g/mol. The van der Waals surface area contributed by atoms with Crippen LogP contribution in [0.3, 0.4) is 0 Å². The normalized spacial score (nSPS) is 10.1. The molecule has 27 heavy (non-hydrogen) atoms. The zero-order valence-electron chi connectivity index (χ0n) is 14.2. The largest absolute Gasteiger partial charge is 0.495 e. The summed E-state index contributed by atoms with van der Waals surface area (Å²) in [5.41, 5.74) is 7.61. The number of benzene rings is 2. The lowest BCUT2D eigenvalue weighted by Crippen LogP contribution is -2.13. The standard InChI is InChI=1S/C19H15ClN4O2S/c1-26-15-8-7-11(20)9-14(15)24-18(25)17-16(22)13(10-21)19(27-17)23-12-5-3-2-4-6-12/h2-9,23H,22H2,1H3,(H,24,25). The van der Waals surface area contributed by atoms with Crippen molar-refractivity contribution < 1.29 is 9.53 Å². The predicted octanol–water partition coefficient (Wildman–Crippen LogP) is 4.86. The SMILES string of the molecule is COc1ccc(Cl)cc1NC(=O)c1sc(Nc2ccccc2)c(C#N)c1N. The Morgan fingerprint density at radius 3 is 2.67 bits per heavy atom. The number of rotatable bonds is 5. The highest BCUT2D eigenvalue weighted by Gasteiger charge is 2.22. The van der Waals surface area contributed by atoms with Crippen LogP contribution in [0.15, 0.2) is 48.5 Å². The van der Waals surface area contributed by atoms with Crippen LogP contribution in [0.25, 0.3) is 0 Å². The van der Waals surface area contributed by atoms with Crippen molar-refractivity contribution in [3.63, 3.8) is 0 Å². The molecule has 0 saturated heterocycles. The summed E-state index contributed by atoms with van der Waals surface area (Å²) in [4.78, 5) is 13.0. The molecule has 0 bridgehead atoms. The third kappa shape index (κ3) is 3.97. The number of halogens is 1. The quantitative estimate of drug-likeness (QED) is 0.569. The Morgan fingerprint density at radius 2 is 2.00 bits per heavy atom. The highest BCUT2D eigenvalue weighted by atomic mass is 35.5. The second kappa shape index (κ2) is 7.99. The van der Waals surface area contributed by atoms with Gasteiger partial charge in [0.25, 0.3) is 5.91 Å². The molecule has 3 rings (SSSR count). The summed E-state index contributed by atoms with van der Waals surface area (Å²) in [5.74, 6) is 0.0155. The third-order valence-corrected chi connectivity index (χ3v) is 5.06. The second-order valence-corrected chi connectivity index (χ2v) is 6.91. The molecule has 3 aromatic rings. The molecular formula is C19H15ClN4O2S. The van der Waals surface area contributed by atoms with Gasteiger partial charge in [0.05, 0.1) is 18.5 Å². The summed E-state index contributed by atoms with van der Waals surface area (Å²) in [6, 6.07) is 16.3. The summed E-state index contributed by atoms with van der Waals surface area (Å²) in [6.45, 7) is 0. The maximum atomic E-state index is 12.7. The van der Waals surface area contributed by atoms with Gasteiger partial charge in [-0.15, -0.1) is 11.3 Å². The average Bonchev–Trinajstić information content (AvgIpc) is 2.98. The van der Waals surface area contributed by atoms with E-state index in [-0.39, 0.29) is 16.1 Å². The summed E-state index contributed by atoms with van der Waals surface area (Å²) in [6.07, 6.45) is 0. The van der Waals surface area contributed by atoms with Gasteiger partial charge in [-0.25, -0.2) is 0 Å². The van der Waals surface area contributed by atoms with Crippen LogP contribution in [0.4, 0.5) is 22.1 Å². The summed E-state index contributed by atoms with van der Waals surface area (Å²) in [5, 5.41) is 16.3. The van der Waals surface area contributed by atoms with E-state index in [2.05, 4.69) is 16.7 Å². The first-order valence-corrected chi connectivity index (χ1v) is 9.02. The number of ether oxygens (including phenoxy) is 1. The van der Waals surface area contributed by atoms with Gasteiger partial charge in [0.1, 0.15) is 27.3 Å². The minimum atomic E-state index is -0.448. The Labute approximate surface area is 165 Å². The lowest BCUT2D eigenvalue weighted by Gasteiger charge is -2.10. The molecule has 1 amide bonds. The first kappa shape index (κ1) is 18.6. The molecule has 2 aromatic carbocycles. The van der Waals surface area contributed by atoms with Gasteiger partial charge in [-0.3, -0.25) is 4.79 Å². The number of amides is 1. The van der Waals surface area contributed by atoms with Gasteiger partial charge >= 0.3 is 0 Å². The molecule has 0 fully saturated rings. The van der Waals surface area contributed by atoms with E-state index in [1.54, 1.807) is 18.2 Å². The van der Waals surface area contributed by atoms with Gasteiger partial charge in [-0.05, 0) is 30.3 Å². The number of carbonyl (C=O) groups excluding carboxylic acids is 1. The zero-order valence-corrected chi connectivity index (χ0v) is 15.8. The molecule has 6 nitrogen and oxygen atoms in total. The molecule has 0 unspecified atom stereocenters. The van der Waals surface area contributed by atoms with Gasteiger partial charge in [0, 0.05) is 10.7 Å². The van der Waals surface area contributed by atoms with Crippen molar-refractivity contribution in [2.45, 2.75) is 0 Å². The van der Waals surface area contributed by atoms with Crippen LogP contribution in [0.5, 0.6) is 5.75 Å². The highest BCUT2D eigenvalue weighted by Crippen LogP contribution is 2.38. The number of nitrogens with zero attached hydrogens (tertiary/aromatic N) is 1. The van der Waals surface area contributed by atoms with Crippen LogP contribution < -0.4 is 21.1 Å². The van der Waals surface area contributed by atoms with E-state index < -0.39 is 5.91 Å². The number of nitrogen functional groups attached to an aromatic ring is 1. The molecule has 0 radical (unpaired) electrons. The minimum absolute atomic E-state index is 0.124. The monoisotopic (exact) mass is 398 g/mol. The van der Waals surface area contributed by atoms with Gasteiger partial charge in [-0.2, -0.15) is 5.26 Å². The molecule has 0 atom stereocenters. The molecule has 1 aromatic heterocycles. The number of thiophene rings is 1. The average molecular weight is 399 g/mol. The highest BCUT2D eigenvalue weighted by molar-refractivity contribution is 7.19. The predicted molar refractivity (Wildman–Crippen MR) is 109 cm³/mol. The number of nitriles is 1. The number of hydrogen-bond acceptors (Lipinski definition) is 6. The number of nitrogens with two attached hydrogens (primary N) is 1. The molecule has 0 aliphatic heterocycles. The molecule has 8 heteroatoms. The summed E-state index contributed by atoms with van der Waals surface area (Å²) < 4.78 is 5.23. The maximum Gasteiger partial charge on any atom is 0.268 e. The first-order chi connectivity index (χ1) is 13.0. The Morgan fingerprint density at radius 1 is 1.26 bits per heavy atom. The van der Waals surface area contributed by atoms with Gasteiger partial charge in [0.15, 0.2) is 0 Å². The minimum Gasteiger partial charge on any atom is -0.495 e. The Kier molecular flexibility index (Phi) is 5.50. The summed E-state index contributed by atoms with van der Waals surface area (Å²) in [7, 11) is 1.49. The molecule has 4 N–H and O–H groups in total. The van der Waals surface area contributed by atoms with E-state index in [0.29, 0.717) is 21.5 Å². The molecule has 0 aliphatic carbocycles. The smallest absolute Gasteiger partial charge is 0.268 e. The maximum absolute atomic E-state index is 12.7. The van der Waals surface area contributed by atoms with Gasteiger partial charge in [-0.1, -0.05) is 29.8 Å². The van der Waals surface area contributed by atoms with E-state index >= 15 is 0 Å². The molecule has 1 heterocycles. The Balaban J connectivity index is 1.92.